The molecule has 0 aliphatic heterocycles. The van der Waals surface area contributed by atoms with Crippen molar-refractivity contribution in [2.24, 2.45) is 5.73 Å². The van der Waals surface area contributed by atoms with Crippen LogP contribution in [0.2, 0.25) is 0 Å². The number of benzene rings is 1. The molecule has 2 amide bonds. The van der Waals surface area contributed by atoms with Crippen molar-refractivity contribution >= 4 is 11.8 Å². The van der Waals surface area contributed by atoms with E-state index in [2.05, 4.69) is 5.32 Å². The first-order chi connectivity index (χ1) is 8.65. The second kappa shape index (κ2) is 7.32. The Morgan fingerprint density at radius 2 is 2.06 bits per heavy atom. The van der Waals surface area contributed by atoms with Crippen molar-refractivity contribution in [1.82, 2.24) is 5.32 Å². The highest BCUT2D eigenvalue weighted by molar-refractivity contribution is 5.95. The van der Waals surface area contributed by atoms with Gasteiger partial charge in [-0.2, -0.15) is 0 Å². The highest BCUT2D eigenvalue weighted by atomic mass is 16.5. The minimum Gasteiger partial charge on any atom is -0.493 e. The molecule has 18 heavy (non-hydrogen) atoms. The Bertz CT molecular complexity index is 418. The molecule has 0 radical (unpaired) electrons. The number of ether oxygens (including phenoxy) is 1. The molecule has 1 rings (SSSR count). The smallest absolute Gasteiger partial charge is 0.252 e. The average Bonchev–Trinajstić information content (AvgIpc) is 2.38. The molecule has 5 heteroatoms. The van der Waals surface area contributed by atoms with E-state index in [-0.39, 0.29) is 5.91 Å². The van der Waals surface area contributed by atoms with Crippen molar-refractivity contribution in [3.05, 3.63) is 29.8 Å². The largest absolute Gasteiger partial charge is 0.493 e. The van der Waals surface area contributed by atoms with E-state index < -0.39 is 5.91 Å². The second-order valence-corrected chi connectivity index (χ2v) is 3.77. The van der Waals surface area contributed by atoms with Gasteiger partial charge in [0, 0.05) is 13.0 Å². The summed E-state index contributed by atoms with van der Waals surface area (Å²) in [6.07, 6.45) is 1.16. The van der Waals surface area contributed by atoms with Crippen LogP contribution >= 0.6 is 0 Å². The summed E-state index contributed by atoms with van der Waals surface area (Å²) in [5, 5.41) is 2.75. The lowest BCUT2D eigenvalue weighted by Crippen LogP contribution is -2.24. The fraction of sp³-hybridized carbons (Fsp3) is 0.385. The van der Waals surface area contributed by atoms with E-state index in [9.17, 15) is 9.59 Å². The molecule has 0 aliphatic rings. The van der Waals surface area contributed by atoms with Crippen molar-refractivity contribution in [2.45, 2.75) is 19.8 Å². The molecule has 3 N–H and O–H groups in total. The molecule has 0 fully saturated rings. The molecule has 0 aliphatic carbocycles. The molecular weight excluding hydrogens is 232 g/mol. The van der Waals surface area contributed by atoms with E-state index in [4.69, 9.17) is 10.5 Å². The number of amides is 2. The summed E-state index contributed by atoms with van der Waals surface area (Å²) in [5.74, 6) is -0.00996. The number of hydrogen-bond acceptors (Lipinski definition) is 3. The van der Waals surface area contributed by atoms with Gasteiger partial charge < -0.3 is 15.8 Å². The van der Waals surface area contributed by atoms with E-state index in [0.29, 0.717) is 37.3 Å². The molecule has 1 aromatic carbocycles. The molecule has 0 spiro atoms. The Hall–Kier alpha value is -2.04. The topological polar surface area (TPSA) is 81.4 Å². The summed E-state index contributed by atoms with van der Waals surface area (Å²) in [7, 11) is 0. The number of rotatable bonds is 7. The monoisotopic (exact) mass is 250 g/mol. The van der Waals surface area contributed by atoms with Crippen molar-refractivity contribution in [2.75, 3.05) is 13.2 Å². The lowest BCUT2D eigenvalue weighted by molar-refractivity contribution is -0.120. The number of hydrogen-bond donors (Lipinski definition) is 2. The van der Waals surface area contributed by atoms with Crippen LogP contribution in [0.1, 0.15) is 30.1 Å². The Kier molecular flexibility index (Phi) is 5.70. The highest BCUT2D eigenvalue weighted by Crippen LogP contribution is 2.17. The zero-order chi connectivity index (χ0) is 13.4. The predicted octanol–water partition coefficient (Wildman–Crippen LogP) is 1.08. The number of carbonyl (C=O) groups excluding carboxylic acids is 2. The van der Waals surface area contributed by atoms with Crippen molar-refractivity contribution in [1.29, 1.82) is 0 Å². The number of carbonyl (C=O) groups is 2. The number of nitrogens with one attached hydrogen (secondary N) is 1. The summed E-state index contributed by atoms with van der Waals surface area (Å²) >= 11 is 0. The van der Waals surface area contributed by atoms with Crippen LogP contribution in [0.3, 0.4) is 0 Å². The summed E-state index contributed by atoms with van der Waals surface area (Å²) in [4.78, 5) is 22.1. The van der Waals surface area contributed by atoms with E-state index in [0.717, 1.165) is 0 Å². The molecule has 0 saturated carbocycles. The van der Waals surface area contributed by atoms with Crippen LogP contribution in [0.5, 0.6) is 5.75 Å². The third kappa shape index (κ3) is 4.45. The van der Waals surface area contributed by atoms with Gasteiger partial charge >= 0.3 is 0 Å². The third-order valence-corrected chi connectivity index (χ3v) is 2.37. The van der Waals surface area contributed by atoms with Gasteiger partial charge in [-0.15, -0.1) is 0 Å². The van der Waals surface area contributed by atoms with Gasteiger partial charge in [0.1, 0.15) is 5.75 Å². The van der Waals surface area contributed by atoms with Crippen LogP contribution in [0.25, 0.3) is 0 Å². The fourth-order valence-electron chi connectivity index (χ4n) is 1.40. The quantitative estimate of drug-likeness (QED) is 0.710. The molecule has 0 heterocycles. The third-order valence-electron chi connectivity index (χ3n) is 2.37. The first kappa shape index (κ1) is 14.0. The SMILES string of the molecule is CCC(=O)NCCCOc1ccccc1C(N)=O. The standard InChI is InChI=1S/C13H18N2O3/c1-2-12(16)15-8-5-9-18-11-7-4-3-6-10(11)13(14)17/h3-4,6-7H,2,5,8-9H2,1H3,(H2,14,17)(H,15,16). The van der Waals surface area contributed by atoms with Gasteiger partial charge in [0.05, 0.1) is 12.2 Å². The van der Waals surface area contributed by atoms with Gasteiger partial charge in [0.15, 0.2) is 0 Å². The van der Waals surface area contributed by atoms with Crippen molar-refractivity contribution in [3.63, 3.8) is 0 Å². The molecule has 0 unspecified atom stereocenters. The zero-order valence-electron chi connectivity index (χ0n) is 10.4. The summed E-state index contributed by atoms with van der Waals surface area (Å²) < 4.78 is 5.46. The summed E-state index contributed by atoms with van der Waals surface area (Å²) in [5.41, 5.74) is 5.60. The van der Waals surface area contributed by atoms with Crippen LogP contribution in [-0.2, 0) is 4.79 Å². The molecule has 0 saturated heterocycles. The van der Waals surface area contributed by atoms with Crippen molar-refractivity contribution < 1.29 is 14.3 Å². The van der Waals surface area contributed by atoms with Gasteiger partial charge in [-0.25, -0.2) is 0 Å². The van der Waals surface area contributed by atoms with Gasteiger partial charge in [0.2, 0.25) is 5.91 Å². The van der Waals surface area contributed by atoms with Crippen LogP contribution in [0, 0.1) is 0 Å². The minimum absolute atomic E-state index is 0.0209. The minimum atomic E-state index is -0.509. The van der Waals surface area contributed by atoms with Gasteiger partial charge in [-0.1, -0.05) is 19.1 Å². The molecule has 0 aromatic heterocycles. The molecule has 0 atom stereocenters. The summed E-state index contributed by atoms with van der Waals surface area (Å²) in [6, 6.07) is 6.83. The lowest BCUT2D eigenvalue weighted by atomic mass is 10.2. The lowest BCUT2D eigenvalue weighted by Gasteiger charge is -2.09. The first-order valence-electron chi connectivity index (χ1n) is 5.93. The first-order valence-corrected chi connectivity index (χ1v) is 5.93. The van der Waals surface area contributed by atoms with Crippen LogP contribution in [0.4, 0.5) is 0 Å². The molecule has 5 nitrogen and oxygen atoms in total. The fourth-order valence-corrected chi connectivity index (χ4v) is 1.40. The van der Waals surface area contributed by atoms with E-state index in [1.807, 2.05) is 0 Å². The van der Waals surface area contributed by atoms with Crippen LogP contribution in [0.15, 0.2) is 24.3 Å². The van der Waals surface area contributed by atoms with Gasteiger partial charge in [0.25, 0.3) is 5.91 Å². The van der Waals surface area contributed by atoms with E-state index in [1.54, 1.807) is 31.2 Å². The maximum atomic E-state index is 11.1. The Balaban J connectivity index is 2.35. The van der Waals surface area contributed by atoms with E-state index in [1.165, 1.54) is 0 Å². The average molecular weight is 250 g/mol. The number of nitrogens with two attached hydrogens (primary N) is 1. The van der Waals surface area contributed by atoms with Gasteiger partial charge in [-0.05, 0) is 18.6 Å². The Morgan fingerprint density at radius 3 is 2.72 bits per heavy atom. The highest BCUT2D eigenvalue weighted by Gasteiger charge is 2.07. The molecule has 1 aromatic rings. The summed E-state index contributed by atoms with van der Waals surface area (Å²) in [6.45, 7) is 2.79. The Labute approximate surface area is 106 Å². The van der Waals surface area contributed by atoms with Crippen LogP contribution in [-0.4, -0.2) is 25.0 Å². The van der Waals surface area contributed by atoms with Crippen molar-refractivity contribution in [3.8, 4) is 5.75 Å². The number of para-hydroxylation sites is 1. The number of primary amides is 1. The second-order valence-electron chi connectivity index (χ2n) is 3.77. The zero-order valence-corrected chi connectivity index (χ0v) is 10.4. The maximum Gasteiger partial charge on any atom is 0.252 e. The molecular formula is C13H18N2O3. The van der Waals surface area contributed by atoms with E-state index >= 15 is 0 Å². The van der Waals surface area contributed by atoms with Gasteiger partial charge in [-0.3, -0.25) is 9.59 Å². The van der Waals surface area contributed by atoms with Crippen LogP contribution < -0.4 is 15.8 Å². The molecule has 0 bridgehead atoms. The maximum absolute atomic E-state index is 11.1. The molecule has 98 valence electrons. The Morgan fingerprint density at radius 1 is 1.33 bits per heavy atom. The normalized spacial score (nSPS) is 9.83. The predicted molar refractivity (Wildman–Crippen MR) is 68.4 cm³/mol.